The number of carbonyl (C=O) groups is 2. The number of Topliss-reactive ketones (excluding diaryl/α,β-unsaturated/α-hetero) is 1. The van der Waals surface area contributed by atoms with Gasteiger partial charge >= 0.3 is 5.97 Å². The van der Waals surface area contributed by atoms with Gasteiger partial charge in [-0.2, -0.15) is 0 Å². The van der Waals surface area contributed by atoms with Crippen LogP contribution in [0.1, 0.15) is 89.0 Å². The number of hydrogen-bond acceptors (Lipinski definition) is 7. The molecule has 0 spiro atoms. The Morgan fingerprint density at radius 3 is 2.47 bits per heavy atom. The molecule has 34 heavy (non-hydrogen) atoms. The average Bonchev–Trinajstić information content (AvgIpc) is 3.51. The molecule has 0 bridgehead atoms. The average molecular weight is 476 g/mol. The van der Waals surface area contributed by atoms with E-state index in [4.69, 9.17) is 14.2 Å². The summed E-state index contributed by atoms with van der Waals surface area (Å²) in [4.78, 5) is 29.6. The largest absolute Gasteiger partial charge is 0.503 e. The third-order valence-electron chi connectivity index (χ3n) is 7.35. The standard InChI is InChI=1S/C27H41NO6/c1-5-21(15-19-8-6-7-9-19)26(33-16-20-10-11-20)18(3)34-27(31)17(2)14-22(29)24-25(30)23(32-4)12-13-28-24/h12-13,17-21,26,30H,5-11,14-16H2,1-4H3/t17-,18+,21-,26+/m1/s1. The summed E-state index contributed by atoms with van der Waals surface area (Å²) in [6.45, 7) is 6.50. The van der Waals surface area contributed by atoms with Crippen molar-refractivity contribution in [2.45, 2.75) is 90.8 Å². The summed E-state index contributed by atoms with van der Waals surface area (Å²) in [6, 6.07) is 1.48. The monoisotopic (exact) mass is 475 g/mol. The SMILES string of the molecule is CC[C@H](CC1CCCC1)[C@@H](OCC1CC1)[C@H](C)OC(=O)[C@H](C)CC(=O)c1nccc(OC)c1O. The minimum Gasteiger partial charge on any atom is -0.503 e. The zero-order chi connectivity index (χ0) is 24.7. The summed E-state index contributed by atoms with van der Waals surface area (Å²) in [5.74, 6) is 0.0527. The van der Waals surface area contributed by atoms with E-state index in [0.29, 0.717) is 11.8 Å². The molecule has 1 N–H and O–H groups in total. The highest BCUT2D eigenvalue weighted by molar-refractivity contribution is 5.99. The summed E-state index contributed by atoms with van der Waals surface area (Å²) >= 11 is 0. The summed E-state index contributed by atoms with van der Waals surface area (Å²) < 4.78 is 17.3. The van der Waals surface area contributed by atoms with E-state index in [1.807, 2.05) is 6.92 Å². The fourth-order valence-electron chi connectivity index (χ4n) is 5.02. The molecule has 2 aliphatic rings. The number of nitrogens with zero attached hydrogens (tertiary/aromatic N) is 1. The number of carbonyl (C=O) groups excluding carboxylic acids is 2. The van der Waals surface area contributed by atoms with Crippen LogP contribution in [0.5, 0.6) is 11.5 Å². The highest BCUT2D eigenvalue weighted by atomic mass is 16.6. The first kappa shape index (κ1) is 26.5. The van der Waals surface area contributed by atoms with Crippen LogP contribution >= 0.6 is 0 Å². The summed E-state index contributed by atoms with van der Waals surface area (Å²) in [6.07, 6.45) is 10.5. The van der Waals surface area contributed by atoms with Crippen molar-refractivity contribution in [1.82, 2.24) is 4.98 Å². The predicted molar refractivity (Wildman–Crippen MR) is 129 cm³/mol. The molecule has 2 saturated carbocycles. The zero-order valence-corrected chi connectivity index (χ0v) is 21.1. The van der Waals surface area contributed by atoms with Crippen molar-refractivity contribution in [2.24, 2.45) is 23.7 Å². The molecule has 0 unspecified atom stereocenters. The van der Waals surface area contributed by atoms with Gasteiger partial charge in [-0.15, -0.1) is 0 Å². The number of ether oxygens (including phenoxy) is 3. The number of aromatic nitrogens is 1. The van der Waals surface area contributed by atoms with E-state index in [0.717, 1.165) is 25.4 Å². The number of pyridine rings is 1. The molecule has 4 atom stereocenters. The van der Waals surface area contributed by atoms with Gasteiger partial charge in [0.2, 0.25) is 0 Å². The van der Waals surface area contributed by atoms with Gasteiger partial charge in [-0.3, -0.25) is 9.59 Å². The van der Waals surface area contributed by atoms with Crippen molar-refractivity contribution < 1.29 is 28.9 Å². The van der Waals surface area contributed by atoms with E-state index in [2.05, 4.69) is 11.9 Å². The maximum atomic E-state index is 12.9. The fourth-order valence-corrected chi connectivity index (χ4v) is 5.02. The maximum absolute atomic E-state index is 12.9. The first-order valence-electron chi connectivity index (χ1n) is 12.9. The molecule has 0 radical (unpaired) electrons. The first-order chi connectivity index (χ1) is 16.3. The summed E-state index contributed by atoms with van der Waals surface area (Å²) in [5.41, 5.74) is -0.0969. The van der Waals surface area contributed by atoms with Gasteiger partial charge in [-0.25, -0.2) is 4.98 Å². The van der Waals surface area contributed by atoms with E-state index in [1.54, 1.807) is 6.92 Å². The van der Waals surface area contributed by atoms with Crippen LogP contribution < -0.4 is 4.74 Å². The Morgan fingerprint density at radius 2 is 1.85 bits per heavy atom. The van der Waals surface area contributed by atoms with Gasteiger partial charge in [0.15, 0.2) is 23.0 Å². The molecule has 0 amide bonds. The number of rotatable bonds is 14. The number of hydrogen-bond donors (Lipinski definition) is 1. The molecule has 1 heterocycles. The van der Waals surface area contributed by atoms with E-state index in [-0.39, 0.29) is 29.7 Å². The third kappa shape index (κ3) is 7.17. The number of methoxy groups -OCH3 is 1. The van der Waals surface area contributed by atoms with Gasteiger partial charge in [0.05, 0.1) is 19.1 Å². The quantitative estimate of drug-likeness (QED) is 0.287. The Labute approximate surface area is 203 Å². The van der Waals surface area contributed by atoms with Crippen LogP contribution in [0.2, 0.25) is 0 Å². The number of ketones is 1. The van der Waals surface area contributed by atoms with Crippen molar-refractivity contribution in [3.63, 3.8) is 0 Å². The van der Waals surface area contributed by atoms with Gasteiger partial charge in [0, 0.05) is 25.3 Å². The van der Waals surface area contributed by atoms with Gasteiger partial charge in [-0.1, -0.05) is 46.0 Å². The van der Waals surface area contributed by atoms with Gasteiger partial charge in [0.25, 0.3) is 0 Å². The van der Waals surface area contributed by atoms with E-state index in [9.17, 15) is 14.7 Å². The normalized spacial score (nSPS) is 19.9. The number of aromatic hydroxyl groups is 1. The Bertz CT molecular complexity index is 817. The smallest absolute Gasteiger partial charge is 0.309 e. The van der Waals surface area contributed by atoms with Crippen molar-refractivity contribution in [3.05, 3.63) is 18.0 Å². The van der Waals surface area contributed by atoms with Gasteiger partial charge in [0.1, 0.15) is 6.10 Å². The van der Waals surface area contributed by atoms with Crippen molar-refractivity contribution >= 4 is 11.8 Å². The Balaban J connectivity index is 1.60. The summed E-state index contributed by atoms with van der Waals surface area (Å²) in [5, 5.41) is 10.2. The molecule has 0 saturated heterocycles. The van der Waals surface area contributed by atoms with Crippen LogP contribution in [0.3, 0.4) is 0 Å². The van der Waals surface area contributed by atoms with E-state index in [1.165, 1.54) is 57.9 Å². The highest BCUT2D eigenvalue weighted by Gasteiger charge is 2.35. The molecular weight excluding hydrogens is 434 g/mol. The van der Waals surface area contributed by atoms with Crippen LogP contribution in [0, 0.1) is 23.7 Å². The molecule has 0 aliphatic heterocycles. The molecule has 7 nitrogen and oxygen atoms in total. The zero-order valence-electron chi connectivity index (χ0n) is 21.1. The molecule has 190 valence electrons. The Kier molecular flexibility index (Phi) is 9.74. The maximum Gasteiger partial charge on any atom is 0.309 e. The molecule has 7 heteroatoms. The molecule has 3 rings (SSSR count). The van der Waals surface area contributed by atoms with Gasteiger partial charge in [-0.05, 0) is 43.9 Å². The van der Waals surface area contributed by atoms with Crippen molar-refractivity contribution in [1.29, 1.82) is 0 Å². The molecule has 2 fully saturated rings. The fraction of sp³-hybridized carbons (Fsp3) is 0.741. The lowest BCUT2D eigenvalue weighted by Crippen LogP contribution is -2.39. The predicted octanol–water partition coefficient (Wildman–Crippen LogP) is 5.34. The van der Waals surface area contributed by atoms with Gasteiger partial charge < -0.3 is 19.3 Å². The molecule has 2 aliphatic carbocycles. The Hall–Kier alpha value is -2.15. The lowest BCUT2D eigenvalue weighted by Gasteiger charge is -2.33. The molecule has 0 aromatic carbocycles. The highest BCUT2D eigenvalue weighted by Crippen LogP contribution is 2.36. The molecular formula is C27H41NO6. The van der Waals surface area contributed by atoms with E-state index < -0.39 is 23.8 Å². The number of esters is 1. The van der Waals surface area contributed by atoms with Crippen molar-refractivity contribution in [3.8, 4) is 11.5 Å². The second-order valence-electron chi connectivity index (χ2n) is 10.2. The molecule has 1 aromatic heterocycles. The Morgan fingerprint density at radius 1 is 1.15 bits per heavy atom. The second kappa shape index (κ2) is 12.5. The van der Waals surface area contributed by atoms with Crippen molar-refractivity contribution in [2.75, 3.05) is 13.7 Å². The lowest BCUT2D eigenvalue weighted by molar-refractivity contribution is -0.164. The second-order valence-corrected chi connectivity index (χ2v) is 10.2. The van der Waals surface area contributed by atoms with Crippen LogP contribution in [0.15, 0.2) is 12.3 Å². The first-order valence-corrected chi connectivity index (χ1v) is 12.9. The minimum atomic E-state index is -0.665. The third-order valence-corrected chi connectivity index (χ3v) is 7.35. The molecule has 1 aromatic rings. The van der Waals surface area contributed by atoms with Crippen LogP contribution in [-0.2, 0) is 14.3 Å². The van der Waals surface area contributed by atoms with Crippen LogP contribution in [0.25, 0.3) is 0 Å². The van der Waals surface area contributed by atoms with Crippen LogP contribution in [-0.4, -0.2) is 47.8 Å². The topological polar surface area (TPSA) is 95.0 Å². The lowest BCUT2D eigenvalue weighted by atomic mass is 9.85. The van der Waals surface area contributed by atoms with E-state index >= 15 is 0 Å². The van der Waals surface area contributed by atoms with Crippen LogP contribution in [0.4, 0.5) is 0 Å². The minimum absolute atomic E-state index is 0.0969. The summed E-state index contributed by atoms with van der Waals surface area (Å²) in [7, 11) is 1.41.